The normalized spacial score (nSPS) is 14.9. The van der Waals surface area contributed by atoms with E-state index in [0.29, 0.717) is 16.5 Å². The number of carbonyl (C=O) groups excluding carboxylic acids is 1. The molecule has 0 saturated carbocycles. The Labute approximate surface area is 170 Å². The van der Waals surface area contributed by atoms with E-state index >= 15 is 0 Å². The molecule has 0 amide bonds. The van der Waals surface area contributed by atoms with Gasteiger partial charge in [0, 0.05) is 17.1 Å². The average Bonchev–Trinajstić information content (AvgIpc) is 3.09. The number of carbonyl (C=O) groups is 1. The summed E-state index contributed by atoms with van der Waals surface area (Å²) in [7, 11) is 0. The lowest BCUT2D eigenvalue weighted by Crippen LogP contribution is -2.35. The molecule has 5 nitrogen and oxygen atoms in total. The number of fused-ring (bicyclic) bond motifs is 1. The lowest BCUT2D eigenvalue weighted by molar-refractivity contribution is 0.0539. The summed E-state index contributed by atoms with van der Waals surface area (Å²) in [6, 6.07) is 16.5. The highest BCUT2D eigenvalue weighted by atomic mass is 16.6. The number of hydrogen-bond donors (Lipinski definition) is 2. The number of nitrogens with zero attached hydrogens (tertiary/aromatic N) is 1. The minimum atomic E-state index is -1.12. The van der Waals surface area contributed by atoms with Gasteiger partial charge in [-0.05, 0) is 32.4 Å². The summed E-state index contributed by atoms with van der Waals surface area (Å²) in [5.41, 5.74) is 0.105. The molecule has 5 heteroatoms. The third-order valence-corrected chi connectivity index (χ3v) is 5.05. The Morgan fingerprint density at radius 3 is 2.34 bits per heavy atom. The first-order chi connectivity index (χ1) is 13.7. The molecule has 0 aliphatic carbocycles. The molecule has 0 fully saturated rings. The van der Waals surface area contributed by atoms with Gasteiger partial charge in [-0.3, -0.25) is 4.57 Å². The number of benzene rings is 2. The summed E-state index contributed by atoms with van der Waals surface area (Å²) >= 11 is 0. The van der Waals surface area contributed by atoms with Crippen LogP contribution in [0.5, 0.6) is 0 Å². The first-order valence-electron chi connectivity index (χ1n) is 9.55. The van der Waals surface area contributed by atoms with E-state index < -0.39 is 23.2 Å². The van der Waals surface area contributed by atoms with Crippen LogP contribution in [0, 0.1) is 0 Å². The van der Waals surface area contributed by atoms with E-state index in [1.807, 2.05) is 48.5 Å². The van der Waals surface area contributed by atoms with Crippen molar-refractivity contribution < 1.29 is 19.7 Å². The molecular formula is C24H27NO4. The number of para-hydroxylation sites is 1. The molecule has 0 radical (unpaired) electrons. The number of aromatic nitrogens is 1. The summed E-state index contributed by atoms with van der Waals surface area (Å²) in [5, 5.41) is 22.4. The van der Waals surface area contributed by atoms with E-state index in [2.05, 4.69) is 6.58 Å². The molecule has 0 aliphatic rings. The molecule has 0 aliphatic heterocycles. The van der Waals surface area contributed by atoms with Crippen molar-refractivity contribution in [3.63, 3.8) is 0 Å². The van der Waals surface area contributed by atoms with Crippen molar-refractivity contribution in [2.75, 3.05) is 6.61 Å². The van der Waals surface area contributed by atoms with Crippen LogP contribution < -0.4 is 0 Å². The number of hydrogen-bond acceptors (Lipinski definition) is 4. The highest BCUT2D eigenvalue weighted by Gasteiger charge is 2.39. The molecule has 152 valence electrons. The maximum absolute atomic E-state index is 12.8. The predicted molar refractivity (Wildman–Crippen MR) is 114 cm³/mol. The highest BCUT2D eigenvalue weighted by Crippen LogP contribution is 2.41. The van der Waals surface area contributed by atoms with Gasteiger partial charge in [-0.25, -0.2) is 4.79 Å². The fraction of sp³-hybridized carbons (Fsp3) is 0.292. The van der Waals surface area contributed by atoms with Crippen LogP contribution in [0.15, 0.2) is 73.4 Å². The Balaban J connectivity index is 2.16. The second-order valence-corrected chi connectivity index (χ2v) is 8.12. The molecule has 0 saturated heterocycles. The lowest BCUT2D eigenvalue weighted by Gasteiger charge is -2.34. The maximum Gasteiger partial charge on any atom is 0.419 e. The van der Waals surface area contributed by atoms with Crippen LogP contribution in [0.3, 0.4) is 0 Å². The molecule has 0 unspecified atom stereocenters. The minimum absolute atomic E-state index is 0.340. The molecule has 2 atom stereocenters. The fourth-order valence-electron chi connectivity index (χ4n) is 3.54. The first-order valence-corrected chi connectivity index (χ1v) is 9.55. The largest absolute Gasteiger partial charge is 0.443 e. The van der Waals surface area contributed by atoms with Crippen molar-refractivity contribution >= 4 is 17.0 Å². The minimum Gasteiger partial charge on any atom is -0.443 e. The zero-order valence-electron chi connectivity index (χ0n) is 17.0. The van der Waals surface area contributed by atoms with E-state index in [4.69, 9.17) is 4.74 Å². The van der Waals surface area contributed by atoms with Crippen LogP contribution in [-0.2, 0) is 10.2 Å². The van der Waals surface area contributed by atoms with E-state index in [9.17, 15) is 15.0 Å². The van der Waals surface area contributed by atoms with Crippen LogP contribution in [0.2, 0.25) is 0 Å². The molecule has 3 aromatic rings. The van der Waals surface area contributed by atoms with Gasteiger partial charge in [0.2, 0.25) is 0 Å². The topological polar surface area (TPSA) is 71.7 Å². The second kappa shape index (κ2) is 7.85. The summed E-state index contributed by atoms with van der Waals surface area (Å²) < 4.78 is 6.92. The van der Waals surface area contributed by atoms with Crippen LogP contribution in [0.4, 0.5) is 4.79 Å². The Morgan fingerprint density at radius 1 is 1.14 bits per heavy atom. The fourth-order valence-corrected chi connectivity index (χ4v) is 3.54. The van der Waals surface area contributed by atoms with E-state index in [0.717, 1.165) is 5.56 Å². The molecule has 0 bridgehead atoms. The highest BCUT2D eigenvalue weighted by molar-refractivity contribution is 5.92. The van der Waals surface area contributed by atoms with Crippen molar-refractivity contribution in [3.8, 4) is 0 Å². The second-order valence-electron chi connectivity index (χ2n) is 8.12. The van der Waals surface area contributed by atoms with Crippen LogP contribution in [0.25, 0.3) is 10.9 Å². The molecule has 2 aromatic carbocycles. The maximum atomic E-state index is 12.8. The summed E-state index contributed by atoms with van der Waals surface area (Å²) in [5.74, 6) is 0. The first kappa shape index (κ1) is 20.8. The van der Waals surface area contributed by atoms with Gasteiger partial charge in [-0.1, -0.05) is 54.6 Å². The third kappa shape index (κ3) is 3.84. The molecule has 1 aromatic heterocycles. The predicted octanol–water partition coefficient (Wildman–Crippen LogP) is 4.57. The van der Waals surface area contributed by atoms with Crippen LogP contribution in [0.1, 0.15) is 38.0 Å². The summed E-state index contributed by atoms with van der Waals surface area (Å²) in [6.07, 6.45) is 1.49. The summed E-state index contributed by atoms with van der Waals surface area (Å²) in [6.45, 7) is 8.94. The van der Waals surface area contributed by atoms with Crippen molar-refractivity contribution in [2.45, 2.75) is 37.9 Å². The zero-order valence-corrected chi connectivity index (χ0v) is 17.0. The smallest absolute Gasteiger partial charge is 0.419 e. The van der Waals surface area contributed by atoms with Crippen molar-refractivity contribution in [1.29, 1.82) is 0 Å². The SMILES string of the molecule is C=C[C@](CO)(c1ccccc1)[C@H](O)c1cn(C(=O)OC(C)(C)C)c2ccccc12. The van der Waals surface area contributed by atoms with Gasteiger partial charge in [0.05, 0.1) is 23.6 Å². The molecule has 0 spiro atoms. The molecule has 2 N–H and O–H groups in total. The standard InChI is InChI=1S/C24H27NO4/c1-5-24(16-26,17-11-7-6-8-12-17)21(27)19-15-25(22(28)29-23(2,3)4)20-14-10-9-13-18(19)20/h5-15,21,26-27H,1,16H2,2-4H3/t21-,24+/m1/s1. The van der Waals surface area contributed by atoms with E-state index in [1.165, 1.54) is 4.57 Å². The van der Waals surface area contributed by atoms with Crippen LogP contribution in [-0.4, -0.2) is 33.1 Å². The number of aliphatic hydroxyl groups is 2. The average molecular weight is 393 g/mol. The Kier molecular flexibility index (Phi) is 5.64. The quantitative estimate of drug-likeness (QED) is 0.623. The van der Waals surface area contributed by atoms with Crippen LogP contribution >= 0.6 is 0 Å². The number of aliphatic hydroxyl groups excluding tert-OH is 2. The summed E-state index contributed by atoms with van der Waals surface area (Å²) in [4.78, 5) is 12.8. The number of ether oxygens (including phenoxy) is 1. The Morgan fingerprint density at radius 2 is 1.76 bits per heavy atom. The van der Waals surface area contributed by atoms with Gasteiger partial charge in [-0.15, -0.1) is 6.58 Å². The Hall–Kier alpha value is -2.89. The van der Waals surface area contributed by atoms with Crippen molar-refractivity contribution in [2.24, 2.45) is 0 Å². The van der Waals surface area contributed by atoms with Gasteiger partial charge in [-0.2, -0.15) is 0 Å². The monoisotopic (exact) mass is 393 g/mol. The van der Waals surface area contributed by atoms with Gasteiger partial charge < -0.3 is 14.9 Å². The van der Waals surface area contributed by atoms with Gasteiger partial charge in [0.25, 0.3) is 0 Å². The lowest BCUT2D eigenvalue weighted by atomic mass is 9.74. The molecule has 3 rings (SSSR count). The molecule has 1 heterocycles. The number of rotatable bonds is 5. The van der Waals surface area contributed by atoms with Gasteiger partial charge >= 0.3 is 6.09 Å². The van der Waals surface area contributed by atoms with Crippen molar-refractivity contribution in [3.05, 3.63) is 84.6 Å². The zero-order chi connectivity index (χ0) is 21.2. The molecular weight excluding hydrogens is 366 g/mol. The van der Waals surface area contributed by atoms with E-state index in [1.54, 1.807) is 39.1 Å². The Bertz CT molecular complexity index is 1020. The third-order valence-electron chi connectivity index (χ3n) is 5.05. The molecule has 29 heavy (non-hydrogen) atoms. The van der Waals surface area contributed by atoms with Gasteiger partial charge in [0.1, 0.15) is 5.60 Å². The van der Waals surface area contributed by atoms with Gasteiger partial charge in [0.15, 0.2) is 0 Å². The van der Waals surface area contributed by atoms with Crippen molar-refractivity contribution in [1.82, 2.24) is 4.57 Å². The van der Waals surface area contributed by atoms with E-state index in [-0.39, 0.29) is 6.61 Å².